The van der Waals surface area contributed by atoms with Gasteiger partial charge in [0.2, 0.25) is 0 Å². The minimum atomic E-state index is -0.536. The van der Waals surface area contributed by atoms with E-state index in [4.69, 9.17) is 0 Å². The monoisotopic (exact) mass is 831 g/mol. The molecule has 0 aliphatic heterocycles. The zero-order valence-electron chi connectivity index (χ0n) is 37.3. The van der Waals surface area contributed by atoms with Crippen LogP contribution < -0.4 is 4.90 Å². The van der Waals surface area contributed by atoms with Crippen LogP contribution in [0, 0.1) is 13.8 Å². The molecule has 0 radical (unpaired) electrons. The Morgan fingerprint density at radius 1 is 0.354 bits per heavy atom. The molecule has 65 heavy (non-hydrogen) atoms. The summed E-state index contributed by atoms with van der Waals surface area (Å²) in [5, 5.41) is 2.49. The number of benzene rings is 10. The van der Waals surface area contributed by atoms with E-state index in [1.165, 1.54) is 99.8 Å². The van der Waals surface area contributed by atoms with Crippen LogP contribution in [0.15, 0.2) is 224 Å². The molecule has 12 rings (SSSR count). The molecule has 0 fully saturated rings. The van der Waals surface area contributed by atoms with Crippen molar-refractivity contribution >= 4 is 27.8 Å². The summed E-state index contributed by atoms with van der Waals surface area (Å²) in [7, 11) is 0. The summed E-state index contributed by atoms with van der Waals surface area (Å²) in [5.41, 5.74) is 23.1. The van der Waals surface area contributed by atoms with Crippen LogP contribution in [0.4, 0.5) is 17.1 Å². The van der Waals surface area contributed by atoms with Crippen LogP contribution in [0.25, 0.3) is 55.3 Å². The first-order chi connectivity index (χ1) is 31.8. The standard InChI is InChI=1S/C64H49N/c1-42-19-17-20-43(2)62(42)56-39-45(51-30-18-22-44-21-11-12-27-50(44)51)33-38-61(56)65(48-34-36-54-52-28-13-15-31-57(52)63(3,4)59(54)40-48)49-35-37-55-53-29-14-16-32-58(53)64(60(55)41-49,46-23-7-5-8-24-46)47-25-9-6-10-26-47/h5-41H,1-4H3. The Bertz CT molecular complexity index is 3420. The van der Waals surface area contributed by atoms with E-state index < -0.39 is 5.41 Å². The predicted molar refractivity (Wildman–Crippen MR) is 274 cm³/mol. The maximum Gasteiger partial charge on any atom is 0.0714 e. The van der Waals surface area contributed by atoms with Gasteiger partial charge in [0.05, 0.1) is 11.1 Å². The van der Waals surface area contributed by atoms with Gasteiger partial charge in [0.15, 0.2) is 0 Å². The van der Waals surface area contributed by atoms with Gasteiger partial charge in [-0.05, 0) is 144 Å². The third kappa shape index (κ3) is 5.85. The van der Waals surface area contributed by atoms with E-state index in [9.17, 15) is 0 Å². The minimum Gasteiger partial charge on any atom is -0.310 e. The second-order valence-corrected chi connectivity index (χ2v) is 18.5. The summed E-state index contributed by atoms with van der Waals surface area (Å²) in [5.74, 6) is 0. The van der Waals surface area contributed by atoms with Gasteiger partial charge in [-0.15, -0.1) is 0 Å². The van der Waals surface area contributed by atoms with Crippen molar-refractivity contribution in [3.8, 4) is 44.5 Å². The lowest BCUT2D eigenvalue weighted by molar-refractivity contribution is 0.660. The van der Waals surface area contributed by atoms with Crippen molar-refractivity contribution in [1.29, 1.82) is 0 Å². The lowest BCUT2D eigenvalue weighted by Gasteiger charge is -2.35. The highest BCUT2D eigenvalue weighted by Gasteiger charge is 2.46. The number of hydrogen-bond donors (Lipinski definition) is 0. The highest BCUT2D eigenvalue weighted by atomic mass is 15.1. The molecular weight excluding hydrogens is 783 g/mol. The maximum absolute atomic E-state index is 2.55. The van der Waals surface area contributed by atoms with Gasteiger partial charge in [0.25, 0.3) is 0 Å². The molecule has 0 N–H and O–H groups in total. The van der Waals surface area contributed by atoms with Crippen molar-refractivity contribution in [2.75, 3.05) is 4.90 Å². The van der Waals surface area contributed by atoms with Gasteiger partial charge in [-0.2, -0.15) is 0 Å². The van der Waals surface area contributed by atoms with E-state index in [0.717, 1.165) is 17.1 Å². The Balaban J connectivity index is 1.17. The molecule has 0 heterocycles. The summed E-state index contributed by atoms with van der Waals surface area (Å²) in [6, 6.07) is 84.1. The molecule has 0 aromatic heterocycles. The molecule has 0 spiro atoms. The molecular formula is C64H49N. The van der Waals surface area contributed by atoms with Crippen molar-refractivity contribution < 1.29 is 0 Å². The molecule has 0 unspecified atom stereocenters. The summed E-state index contributed by atoms with van der Waals surface area (Å²) in [4.78, 5) is 2.55. The molecule has 10 aromatic carbocycles. The Morgan fingerprint density at radius 2 is 0.862 bits per heavy atom. The molecule has 10 aromatic rings. The summed E-state index contributed by atoms with van der Waals surface area (Å²) in [6.07, 6.45) is 0. The molecule has 2 aliphatic rings. The predicted octanol–water partition coefficient (Wildman–Crippen LogP) is 16.9. The maximum atomic E-state index is 2.55. The smallest absolute Gasteiger partial charge is 0.0714 e. The van der Waals surface area contributed by atoms with Gasteiger partial charge in [-0.1, -0.05) is 202 Å². The highest BCUT2D eigenvalue weighted by molar-refractivity contribution is 6.00. The third-order valence-electron chi connectivity index (χ3n) is 14.6. The highest BCUT2D eigenvalue weighted by Crippen LogP contribution is 2.58. The van der Waals surface area contributed by atoms with Crippen molar-refractivity contribution in [2.24, 2.45) is 0 Å². The first-order valence-corrected chi connectivity index (χ1v) is 22.9. The fourth-order valence-corrected chi connectivity index (χ4v) is 11.6. The zero-order valence-corrected chi connectivity index (χ0v) is 37.3. The number of rotatable bonds is 7. The van der Waals surface area contributed by atoms with Gasteiger partial charge in [0.1, 0.15) is 0 Å². The second-order valence-electron chi connectivity index (χ2n) is 18.5. The van der Waals surface area contributed by atoms with Crippen LogP contribution in [-0.4, -0.2) is 0 Å². The van der Waals surface area contributed by atoms with Gasteiger partial charge < -0.3 is 4.90 Å². The van der Waals surface area contributed by atoms with E-state index >= 15 is 0 Å². The van der Waals surface area contributed by atoms with E-state index in [1.807, 2.05) is 0 Å². The quantitative estimate of drug-likeness (QED) is 0.155. The molecule has 1 heteroatoms. The number of hydrogen-bond acceptors (Lipinski definition) is 1. The molecule has 0 bridgehead atoms. The molecule has 2 aliphatic carbocycles. The summed E-state index contributed by atoms with van der Waals surface area (Å²) >= 11 is 0. The van der Waals surface area contributed by atoms with E-state index in [2.05, 4.69) is 257 Å². The Hall–Kier alpha value is -7.74. The first-order valence-electron chi connectivity index (χ1n) is 22.9. The van der Waals surface area contributed by atoms with Crippen LogP contribution in [0.5, 0.6) is 0 Å². The number of nitrogens with zero attached hydrogens (tertiary/aromatic N) is 1. The van der Waals surface area contributed by atoms with Gasteiger partial charge in [-0.25, -0.2) is 0 Å². The van der Waals surface area contributed by atoms with Crippen molar-refractivity contribution in [1.82, 2.24) is 0 Å². The first kappa shape index (κ1) is 38.9. The topological polar surface area (TPSA) is 3.24 Å². The van der Waals surface area contributed by atoms with Crippen LogP contribution in [0.1, 0.15) is 58.4 Å². The third-order valence-corrected chi connectivity index (χ3v) is 14.6. The van der Waals surface area contributed by atoms with E-state index in [0.29, 0.717) is 0 Å². The van der Waals surface area contributed by atoms with E-state index in [-0.39, 0.29) is 5.41 Å². The second kappa shape index (κ2) is 14.9. The molecule has 0 amide bonds. The Kier molecular flexibility index (Phi) is 8.94. The molecule has 0 saturated carbocycles. The zero-order chi connectivity index (χ0) is 43.9. The normalized spacial score (nSPS) is 13.8. The lowest BCUT2D eigenvalue weighted by atomic mass is 9.67. The van der Waals surface area contributed by atoms with Crippen LogP contribution in [0.2, 0.25) is 0 Å². The largest absolute Gasteiger partial charge is 0.310 e. The molecule has 1 nitrogen and oxygen atoms in total. The lowest BCUT2D eigenvalue weighted by Crippen LogP contribution is -2.28. The SMILES string of the molecule is Cc1cccc(C)c1-c1cc(-c2cccc3ccccc23)ccc1N(c1ccc2c(c1)C(C)(C)c1ccccc1-2)c1ccc2c(c1)C(c1ccccc1)(c1ccccc1)c1ccccc1-2. The van der Waals surface area contributed by atoms with Gasteiger partial charge >= 0.3 is 0 Å². The Labute approximate surface area is 383 Å². The average Bonchev–Trinajstić information content (AvgIpc) is 3.77. The summed E-state index contributed by atoms with van der Waals surface area (Å²) in [6.45, 7) is 9.29. The fraction of sp³-hybridized carbons (Fsp3) is 0.0938. The Morgan fingerprint density at radius 3 is 1.55 bits per heavy atom. The van der Waals surface area contributed by atoms with Crippen LogP contribution in [-0.2, 0) is 10.8 Å². The average molecular weight is 832 g/mol. The van der Waals surface area contributed by atoms with Gasteiger partial charge in [0, 0.05) is 22.4 Å². The van der Waals surface area contributed by atoms with Crippen molar-refractivity contribution in [3.05, 3.63) is 269 Å². The summed E-state index contributed by atoms with van der Waals surface area (Å²) < 4.78 is 0. The van der Waals surface area contributed by atoms with Crippen molar-refractivity contribution in [3.63, 3.8) is 0 Å². The van der Waals surface area contributed by atoms with Crippen LogP contribution in [0.3, 0.4) is 0 Å². The number of fused-ring (bicyclic) bond motifs is 7. The van der Waals surface area contributed by atoms with Crippen LogP contribution >= 0.6 is 0 Å². The fourth-order valence-electron chi connectivity index (χ4n) is 11.6. The van der Waals surface area contributed by atoms with Crippen molar-refractivity contribution in [2.45, 2.75) is 38.5 Å². The number of anilines is 3. The van der Waals surface area contributed by atoms with Gasteiger partial charge in [-0.3, -0.25) is 0 Å². The number of aryl methyl sites for hydroxylation is 2. The minimum absolute atomic E-state index is 0.170. The molecule has 0 saturated heterocycles. The molecule has 310 valence electrons. The van der Waals surface area contributed by atoms with E-state index in [1.54, 1.807) is 0 Å². The molecule has 0 atom stereocenters.